The van der Waals surface area contributed by atoms with E-state index in [2.05, 4.69) is 30.6 Å². The molecule has 7 nitrogen and oxygen atoms in total. The van der Waals surface area contributed by atoms with Crippen LogP contribution in [0.1, 0.15) is 123 Å². The zero-order chi connectivity index (χ0) is 29.5. The molecule has 0 aromatic carbocycles. The maximum atomic E-state index is 10.1. The molecule has 7 atom stereocenters. The summed E-state index contributed by atoms with van der Waals surface area (Å²) in [5.41, 5.74) is 0. The smallest absolute Gasteiger partial charge is 0.148 e. The Labute approximate surface area is 250 Å². The van der Waals surface area contributed by atoms with Crippen molar-refractivity contribution >= 4 is 0 Å². The van der Waals surface area contributed by atoms with E-state index in [9.17, 15) is 5.11 Å². The van der Waals surface area contributed by atoms with Crippen molar-refractivity contribution in [1.29, 1.82) is 0 Å². The third-order valence-corrected chi connectivity index (χ3v) is 8.07. The fourth-order valence-corrected chi connectivity index (χ4v) is 5.74. The molecule has 2 unspecified atom stereocenters. The quantitative estimate of drug-likeness (QED) is 0.0888. The van der Waals surface area contributed by atoms with Crippen molar-refractivity contribution in [2.75, 3.05) is 27.8 Å². The number of aliphatic hydroxyl groups excluding tert-OH is 1. The SMILES string of the molecule is CC#CCCC(O)CCC#CC(OCOC)[C@H]1CC[C@H]([C@H]2CC[C@H]([C@@H](CCCCCCCCCC)OCOC)O2)O1. The number of ether oxygens (including phenoxy) is 6. The van der Waals surface area contributed by atoms with Gasteiger partial charge in [-0.2, -0.15) is 0 Å². The summed E-state index contributed by atoms with van der Waals surface area (Å²) < 4.78 is 35.4. The molecule has 236 valence electrons. The predicted molar refractivity (Wildman–Crippen MR) is 162 cm³/mol. The van der Waals surface area contributed by atoms with Gasteiger partial charge in [-0.3, -0.25) is 0 Å². The summed E-state index contributed by atoms with van der Waals surface area (Å²) in [5, 5.41) is 10.1. The van der Waals surface area contributed by atoms with Crippen molar-refractivity contribution < 1.29 is 33.5 Å². The first-order chi connectivity index (χ1) is 20.1. The molecule has 7 heteroatoms. The van der Waals surface area contributed by atoms with Gasteiger partial charge in [0.25, 0.3) is 0 Å². The molecule has 0 aromatic heterocycles. The molecule has 0 saturated carbocycles. The Hall–Kier alpha value is -1.16. The normalized spacial score (nSPS) is 24.3. The van der Waals surface area contributed by atoms with E-state index in [4.69, 9.17) is 28.4 Å². The van der Waals surface area contributed by atoms with Crippen molar-refractivity contribution in [2.24, 2.45) is 0 Å². The van der Waals surface area contributed by atoms with Crippen molar-refractivity contribution in [3.8, 4) is 23.7 Å². The van der Waals surface area contributed by atoms with Crippen LogP contribution in [0.25, 0.3) is 0 Å². The topological polar surface area (TPSA) is 75.6 Å². The van der Waals surface area contributed by atoms with E-state index in [0.29, 0.717) is 32.5 Å². The molecule has 0 bridgehead atoms. The molecular weight excluding hydrogens is 520 g/mol. The van der Waals surface area contributed by atoms with Gasteiger partial charge in [-0.05, 0) is 51.9 Å². The van der Waals surface area contributed by atoms with Crippen LogP contribution in [0.15, 0.2) is 0 Å². The van der Waals surface area contributed by atoms with E-state index in [1.165, 1.54) is 44.9 Å². The molecule has 41 heavy (non-hydrogen) atoms. The minimum atomic E-state index is -0.379. The minimum Gasteiger partial charge on any atom is -0.393 e. The second kappa shape index (κ2) is 23.3. The fourth-order valence-electron chi connectivity index (χ4n) is 5.74. The highest BCUT2D eigenvalue weighted by Gasteiger charge is 2.41. The van der Waals surface area contributed by atoms with E-state index in [0.717, 1.165) is 38.5 Å². The number of rotatable bonds is 22. The number of hydrogen-bond acceptors (Lipinski definition) is 7. The van der Waals surface area contributed by atoms with Crippen LogP contribution >= 0.6 is 0 Å². The standard InChI is InChI=1S/C34H58O7/c1-5-7-9-10-11-12-13-15-20-29(38-26-36-3)31-22-24-33(40-31)34-25-23-32(41-34)30(39-27-37-4)21-17-16-19-28(35)18-14-8-6-2/h28-35H,5,7,9-16,18-20,22-27H2,1-4H3/t28?,29-,30?,31-,32-,33-,34-/m1/s1. The first-order valence-corrected chi connectivity index (χ1v) is 16.2. The van der Waals surface area contributed by atoms with Crippen LogP contribution in [0, 0.1) is 23.7 Å². The summed E-state index contributed by atoms with van der Waals surface area (Å²) in [6.45, 7) is 4.55. The van der Waals surface area contributed by atoms with Gasteiger partial charge < -0.3 is 33.5 Å². The molecule has 0 radical (unpaired) electrons. The van der Waals surface area contributed by atoms with E-state index in [1.807, 2.05) is 6.92 Å². The third kappa shape index (κ3) is 15.2. The molecule has 2 heterocycles. The highest BCUT2D eigenvalue weighted by atomic mass is 16.7. The van der Waals surface area contributed by atoms with Gasteiger partial charge >= 0.3 is 0 Å². The summed E-state index contributed by atoms with van der Waals surface area (Å²) in [7, 11) is 3.29. The van der Waals surface area contributed by atoms with Gasteiger partial charge in [0.15, 0.2) is 0 Å². The molecule has 2 rings (SSSR count). The van der Waals surface area contributed by atoms with Crippen molar-refractivity contribution in [3.63, 3.8) is 0 Å². The third-order valence-electron chi connectivity index (χ3n) is 8.07. The first kappa shape index (κ1) is 36.0. The zero-order valence-electron chi connectivity index (χ0n) is 26.4. The Balaban J connectivity index is 1.79. The Bertz CT molecular complexity index is 767. The van der Waals surface area contributed by atoms with E-state index in [-0.39, 0.29) is 49.5 Å². The molecule has 2 aliphatic rings. The predicted octanol–water partition coefficient (Wildman–Crippen LogP) is 6.54. The highest BCUT2D eigenvalue weighted by Crippen LogP contribution is 2.35. The molecule has 0 spiro atoms. The van der Waals surface area contributed by atoms with Crippen LogP contribution in [0.4, 0.5) is 0 Å². The van der Waals surface area contributed by atoms with Gasteiger partial charge in [0.05, 0.1) is 36.6 Å². The molecule has 2 saturated heterocycles. The lowest BCUT2D eigenvalue weighted by atomic mass is 10.0. The summed E-state index contributed by atoms with van der Waals surface area (Å²) in [6.07, 6.45) is 17.2. The van der Waals surface area contributed by atoms with Gasteiger partial charge in [0.1, 0.15) is 19.7 Å². The van der Waals surface area contributed by atoms with Crippen molar-refractivity contribution in [1.82, 2.24) is 0 Å². The Morgan fingerprint density at radius 3 is 1.98 bits per heavy atom. The zero-order valence-corrected chi connectivity index (χ0v) is 26.4. The Morgan fingerprint density at radius 2 is 1.32 bits per heavy atom. The average Bonchev–Trinajstić information content (AvgIpc) is 3.66. The number of aliphatic hydroxyl groups is 1. The van der Waals surface area contributed by atoms with Crippen LogP contribution < -0.4 is 0 Å². The van der Waals surface area contributed by atoms with Crippen LogP contribution in [-0.4, -0.2) is 75.6 Å². The molecule has 0 aromatic rings. The van der Waals surface area contributed by atoms with Crippen LogP contribution in [-0.2, 0) is 28.4 Å². The molecule has 0 amide bonds. The average molecular weight is 579 g/mol. The van der Waals surface area contributed by atoms with Gasteiger partial charge in [-0.15, -0.1) is 17.8 Å². The van der Waals surface area contributed by atoms with E-state index < -0.39 is 0 Å². The first-order valence-electron chi connectivity index (χ1n) is 16.2. The molecular formula is C34H58O7. The Morgan fingerprint density at radius 1 is 0.732 bits per heavy atom. The Kier molecular flexibility index (Phi) is 20.5. The minimum absolute atomic E-state index is 0.0353. The van der Waals surface area contributed by atoms with Gasteiger partial charge in [-0.1, -0.05) is 64.2 Å². The maximum absolute atomic E-state index is 10.1. The summed E-state index contributed by atoms with van der Waals surface area (Å²) in [5.74, 6) is 12.3. The fraction of sp³-hybridized carbons (Fsp3) is 0.882. The maximum Gasteiger partial charge on any atom is 0.148 e. The second-order valence-corrected chi connectivity index (χ2v) is 11.4. The number of methoxy groups -OCH3 is 2. The molecule has 2 aliphatic heterocycles. The van der Waals surface area contributed by atoms with Gasteiger partial charge in [-0.25, -0.2) is 0 Å². The van der Waals surface area contributed by atoms with Gasteiger partial charge in [0.2, 0.25) is 0 Å². The lowest BCUT2D eigenvalue weighted by Crippen LogP contribution is -2.35. The van der Waals surface area contributed by atoms with Crippen LogP contribution in [0.3, 0.4) is 0 Å². The molecule has 2 fully saturated rings. The molecule has 1 N–H and O–H groups in total. The van der Waals surface area contributed by atoms with Crippen LogP contribution in [0.5, 0.6) is 0 Å². The number of unbranched alkanes of at least 4 members (excludes halogenated alkanes) is 7. The van der Waals surface area contributed by atoms with Gasteiger partial charge in [0, 0.05) is 27.1 Å². The largest absolute Gasteiger partial charge is 0.393 e. The second-order valence-electron chi connectivity index (χ2n) is 11.4. The number of hydrogen-bond donors (Lipinski definition) is 1. The van der Waals surface area contributed by atoms with Crippen LogP contribution in [0.2, 0.25) is 0 Å². The lowest BCUT2D eigenvalue weighted by Gasteiger charge is -2.26. The summed E-state index contributed by atoms with van der Waals surface area (Å²) in [4.78, 5) is 0. The van der Waals surface area contributed by atoms with E-state index in [1.54, 1.807) is 14.2 Å². The van der Waals surface area contributed by atoms with E-state index >= 15 is 0 Å². The van der Waals surface area contributed by atoms with Crippen molar-refractivity contribution in [3.05, 3.63) is 0 Å². The summed E-state index contributed by atoms with van der Waals surface area (Å²) in [6, 6.07) is 0. The highest BCUT2D eigenvalue weighted by molar-refractivity contribution is 5.09. The monoisotopic (exact) mass is 578 g/mol. The molecule has 0 aliphatic carbocycles. The van der Waals surface area contributed by atoms with Crippen molar-refractivity contribution in [2.45, 2.75) is 166 Å². The lowest BCUT2D eigenvalue weighted by molar-refractivity contribution is -0.150. The summed E-state index contributed by atoms with van der Waals surface area (Å²) >= 11 is 0.